The smallest absolute Gasteiger partial charge is 0.175 e. The Kier molecular flexibility index (Phi) is 5.35. The summed E-state index contributed by atoms with van der Waals surface area (Å²) in [6.45, 7) is 0.697. The van der Waals surface area contributed by atoms with Crippen molar-refractivity contribution in [1.29, 1.82) is 0 Å². The van der Waals surface area contributed by atoms with Crippen molar-refractivity contribution in [3.05, 3.63) is 76.5 Å². The van der Waals surface area contributed by atoms with E-state index in [1.807, 2.05) is 29.1 Å². The molecule has 2 aromatic carbocycles. The number of aromatic nitrogens is 2. The second-order valence-electron chi connectivity index (χ2n) is 5.12. The molecule has 0 radical (unpaired) electrons. The van der Waals surface area contributed by atoms with Gasteiger partial charge in [0.1, 0.15) is 0 Å². The molecule has 122 valence electrons. The Bertz CT molecular complexity index is 849. The van der Waals surface area contributed by atoms with Gasteiger partial charge in [0, 0.05) is 11.2 Å². The van der Waals surface area contributed by atoms with Crippen LogP contribution in [0, 0.1) is 0 Å². The van der Waals surface area contributed by atoms with Gasteiger partial charge < -0.3 is 10.6 Å². The normalized spacial score (nSPS) is 10.4. The number of hydrogen-bond acceptors (Lipinski definition) is 2. The second-order valence-corrected chi connectivity index (χ2v) is 6.37. The summed E-state index contributed by atoms with van der Waals surface area (Å²) in [5, 5.41) is 12.0. The van der Waals surface area contributed by atoms with E-state index in [-0.39, 0.29) is 0 Å². The number of nitrogens with zero attached hydrogens (tertiary/aromatic N) is 2. The van der Waals surface area contributed by atoms with E-state index < -0.39 is 0 Å². The van der Waals surface area contributed by atoms with Gasteiger partial charge in [0.15, 0.2) is 5.11 Å². The van der Waals surface area contributed by atoms with Gasteiger partial charge in [-0.15, -0.1) is 0 Å². The summed E-state index contributed by atoms with van der Waals surface area (Å²) in [4.78, 5) is 0. The van der Waals surface area contributed by atoms with Crippen molar-refractivity contribution in [3.63, 3.8) is 0 Å². The van der Waals surface area contributed by atoms with Gasteiger partial charge in [0.2, 0.25) is 0 Å². The van der Waals surface area contributed by atoms with Gasteiger partial charge in [-0.05, 0) is 36.0 Å². The summed E-state index contributed by atoms with van der Waals surface area (Å²) >= 11 is 17.4. The van der Waals surface area contributed by atoms with Crippen LogP contribution in [0.5, 0.6) is 0 Å². The fourth-order valence-corrected chi connectivity index (χ4v) is 2.73. The van der Waals surface area contributed by atoms with Crippen LogP contribution >= 0.6 is 35.4 Å². The molecule has 7 heteroatoms. The van der Waals surface area contributed by atoms with Crippen LogP contribution in [0.25, 0.3) is 0 Å². The lowest BCUT2D eigenvalue weighted by Gasteiger charge is -2.10. The number of hydrogen-bond donors (Lipinski definition) is 2. The van der Waals surface area contributed by atoms with Crippen molar-refractivity contribution in [2.24, 2.45) is 0 Å². The predicted molar refractivity (Wildman–Crippen MR) is 104 cm³/mol. The minimum Gasteiger partial charge on any atom is -0.331 e. The highest BCUT2D eigenvalue weighted by molar-refractivity contribution is 7.80. The number of halogens is 2. The molecule has 0 atom stereocenters. The van der Waals surface area contributed by atoms with Crippen molar-refractivity contribution in [1.82, 2.24) is 9.78 Å². The van der Waals surface area contributed by atoms with Gasteiger partial charge in [-0.2, -0.15) is 5.10 Å². The van der Waals surface area contributed by atoms with Crippen molar-refractivity contribution in [3.8, 4) is 0 Å². The largest absolute Gasteiger partial charge is 0.331 e. The van der Waals surface area contributed by atoms with Crippen LogP contribution in [0.1, 0.15) is 5.56 Å². The Morgan fingerprint density at radius 2 is 1.88 bits per heavy atom. The number of anilines is 2. The Labute approximate surface area is 155 Å². The van der Waals surface area contributed by atoms with Gasteiger partial charge in [0.05, 0.1) is 29.1 Å². The zero-order valence-corrected chi connectivity index (χ0v) is 14.9. The quantitative estimate of drug-likeness (QED) is 0.625. The summed E-state index contributed by atoms with van der Waals surface area (Å²) in [6.07, 6.45) is 3.61. The van der Waals surface area contributed by atoms with E-state index in [2.05, 4.69) is 27.9 Å². The lowest BCUT2D eigenvalue weighted by molar-refractivity contribution is 0.687. The summed E-state index contributed by atoms with van der Waals surface area (Å²) in [5.41, 5.74) is 2.62. The molecule has 0 amide bonds. The molecule has 0 aliphatic heterocycles. The summed E-state index contributed by atoms with van der Waals surface area (Å²) in [5.74, 6) is 0. The molecule has 3 aromatic rings. The average Bonchev–Trinajstić information content (AvgIpc) is 2.98. The van der Waals surface area contributed by atoms with Gasteiger partial charge >= 0.3 is 0 Å². The van der Waals surface area contributed by atoms with Crippen LogP contribution in [0.2, 0.25) is 10.0 Å². The van der Waals surface area contributed by atoms with E-state index >= 15 is 0 Å². The molecule has 0 saturated heterocycles. The van der Waals surface area contributed by atoms with E-state index in [9.17, 15) is 0 Å². The highest BCUT2D eigenvalue weighted by Gasteiger charge is 2.06. The van der Waals surface area contributed by atoms with Gasteiger partial charge in [-0.25, -0.2) is 0 Å². The highest BCUT2D eigenvalue weighted by Crippen LogP contribution is 2.25. The molecule has 0 saturated carbocycles. The maximum Gasteiger partial charge on any atom is 0.175 e. The summed E-state index contributed by atoms with van der Waals surface area (Å²) in [7, 11) is 0. The third-order valence-corrected chi connectivity index (χ3v) is 4.02. The van der Waals surface area contributed by atoms with Crippen molar-refractivity contribution in [2.45, 2.75) is 6.54 Å². The molecule has 1 aromatic heterocycles. The first-order chi connectivity index (χ1) is 11.6. The first-order valence-electron chi connectivity index (χ1n) is 7.19. The highest BCUT2D eigenvalue weighted by atomic mass is 35.5. The van der Waals surface area contributed by atoms with Crippen LogP contribution < -0.4 is 10.6 Å². The van der Waals surface area contributed by atoms with E-state index in [1.54, 1.807) is 24.4 Å². The van der Waals surface area contributed by atoms with Gasteiger partial charge in [0.25, 0.3) is 0 Å². The third-order valence-electron chi connectivity index (χ3n) is 3.26. The molecule has 0 aliphatic rings. The fourth-order valence-electron chi connectivity index (χ4n) is 2.16. The molecule has 1 heterocycles. The summed E-state index contributed by atoms with van der Waals surface area (Å²) in [6, 6.07) is 15.3. The monoisotopic (exact) mass is 376 g/mol. The number of nitrogens with one attached hydrogen (secondary N) is 2. The third kappa shape index (κ3) is 4.47. The van der Waals surface area contributed by atoms with E-state index in [4.69, 9.17) is 35.4 Å². The van der Waals surface area contributed by atoms with Crippen LogP contribution in [0.3, 0.4) is 0 Å². The molecular formula is C17H14Cl2N4S. The lowest BCUT2D eigenvalue weighted by atomic mass is 10.2. The SMILES string of the molecule is S=C(Nc1cnn(Cc2ccccc2)c1)Nc1cc(Cl)ccc1Cl. The Morgan fingerprint density at radius 1 is 1.08 bits per heavy atom. The Hall–Kier alpha value is -2.08. The van der Waals surface area contributed by atoms with Crippen molar-refractivity contribution < 1.29 is 0 Å². The molecule has 2 N–H and O–H groups in total. The molecule has 0 bridgehead atoms. The standard InChI is InChI=1S/C17H14Cl2N4S/c18-13-6-7-15(19)16(8-13)22-17(24)21-14-9-20-23(11-14)10-12-4-2-1-3-5-12/h1-9,11H,10H2,(H2,21,22,24). The Morgan fingerprint density at radius 3 is 2.67 bits per heavy atom. The molecule has 0 unspecified atom stereocenters. The molecule has 24 heavy (non-hydrogen) atoms. The average molecular weight is 377 g/mol. The van der Waals surface area contributed by atoms with Gasteiger partial charge in [-0.1, -0.05) is 53.5 Å². The molecule has 4 nitrogen and oxygen atoms in total. The first-order valence-corrected chi connectivity index (χ1v) is 8.36. The predicted octanol–water partition coefficient (Wildman–Crippen LogP) is 5.05. The van der Waals surface area contributed by atoms with E-state index in [0.717, 1.165) is 5.69 Å². The Balaban J connectivity index is 1.62. The van der Waals surface area contributed by atoms with Crippen molar-refractivity contribution >= 4 is 51.9 Å². The van der Waals surface area contributed by atoms with Crippen LogP contribution in [0.4, 0.5) is 11.4 Å². The van der Waals surface area contributed by atoms with E-state index in [1.165, 1.54) is 5.56 Å². The maximum atomic E-state index is 6.11. The number of benzene rings is 2. The maximum absolute atomic E-state index is 6.11. The first kappa shape index (κ1) is 16.8. The van der Waals surface area contributed by atoms with Crippen LogP contribution in [0.15, 0.2) is 60.9 Å². The van der Waals surface area contributed by atoms with Crippen LogP contribution in [-0.4, -0.2) is 14.9 Å². The minimum absolute atomic E-state index is 0.415. The zero-order valence-electron chi connectivity index (χ0n) is 12.5. The van der Waals surface area contributed by atoms with E-state index in [0.29, 0.717) is 27.4 Å². The van der Waals surface area contributed by atoms with Crippen molar-refractivity contribution in [2.75, 3.05) is 10.6 Å². The molecule has 0 fully saturated rings. The molecule has 3 rings (SSSR count). The van der Waals surface area contributed by atoms with Gasteiger partial charge in [-0.3, -0.25) is 4.68 Å². The summed E-state index contributed by atoms with van der Waals surface area (Å²) < 4.78 is 1.84. The zero-order chi connectivity index (χ0) is 16.9. The number of thiocarbonyl (C=S) groups is 1. The van der Waals surface area contributed by atoms with Crippen LogP contribution in [-0.2, 0) is 6.54 Å². The molecule has 0 spiro atoms. The molecular weight excluding hydrogens is 363 g/mol. The topological polar surface area (TPSA) is 41.9 Å². The lowest BCUT2D eigenvalue weighted by Crippen LogP contribution is -2.19. The minimum atomic E-state index is 0.415. The number of rotatable bonds is 4. The fraction of sp³-hybridized carbons (Fsp3) is 0.0588. The molecule has 0 aliphatic carbocycles. The second kappa shape index (κ2) is 7.66.